The number of anilines is 4. The number of nitrogens with one attached hydrogen (secondary N) is 2. The molecular weight excluding hydrogens is 346 g/mol. The number of hydrogen-bond acceptors (Lipinski definition) is 5. The third-order valence-electron chi connectivity index (χ3n) is 3.91. The Morgan fingerprint density at radius 1 is 1.00 bits per heavy atom. The monoisotopic (exact) mass is 367 g/mol. The Morgan fingerprint density at radius 2 is 1.73 bits per heavy atom. The Hall–Kier alpha value is -2.79. The average molecular weight is 368 g/mol. The van der Waals surface area contributed by atoms with E-state index in [4.69, 9.17) is 11.6 Å². The van der Waals surface area contributed by atoms with Crippen molar-refractivity contribution in [2.75, 3.05) is 29.6 Å². The van der Waals surface area contributed by atoms with Crippen LogP contribution in [0.25, 0.3) is 0 Å². The molecule has 2 aromatic carbocycles. The van der Waals surface area contributed by atoms with E-state index in [0.29, 0.717) is 12.5 Å². The number of rotatable bonds is 6. The molecule has 3 rings (SSSR count). The normalized spacial score (nSPS) is 10.5. The Bertz CT molecular complexity index is 878. The lowest BCUT2D eigenvalue weighted by Gasteiger charge is -2.14. The zero-order chi connectivity index (χ0) is 18.5. The summed E-state index contributed by atoms with van der Waals surface area (Å²) >= 11 is 6.20. The van der Waals surface area contributed by atoms with Crippen LogP contribution in [0.2, 0.25) is 5.02 Å². The molecule has 0 aliphatic heterocycles. The van der Waals surface area contributed by atoms with Crippen molar-refractivity contribution in [3.8, 4) is 0 Å². The largest absolute Gasteiger partial charge is 0.378 e. The van der Waals surface area contributed by atoms with Gasteiger partial charge in [-0.15, -0.1) is 0 Å². The molecule has 0 saturated heterocycles. The van der Waals surface area contributed by atoms with E-state index in [1.54, 1.807) is 0 Å². The first-order valence-electron chi connectivity index (χ1n) is 8.38. The number of aryl methyl sites for hydroxylation is 1. The lowest BCUT2D eigenvalue weighted by Crippen LogP contribution is -2.08. The van der Waals surface area contributed by atoms with Gasteiger partial charge in [0.05, 0.1) is 0 Å². The maximum atomic E-state index is 6.20. The summed E-state index contributed by atoms with van der Waals surface area (Å²) in [5, 5.41) is 7.29. The topological polar surface area (TPSA) is 53.1 Å². The molecule has 1 aromatic heterocycles. The third kappa shape index (κ3) is 4.64. The van der Waals surface area contributed by atoms with E-state index in [9.17, 15) is 0 Å². The van der Waals surface area contributed by atoms with Crippen LogP contribution < -0.4 is 15.5 Å². The molecule has 1 heterocycles. The zero-order valence-corrected chi connectivity index (χ0v) is 15.9. The predicted octanol–water partition coefficient (Wildman–Crippen LogP) is 4.86. The minimum atomic E-state index is 0.567. The first kappa shape index (κ1) is 18.0. The van der Waals surface area contributed by atoms with Crippen LogP contribution in [-0.2, 0) is 6.54 Å². The number of halogens is 1. The summed E-state index contributed by atoms with van der Waals surface area (Å²) in [6, 6.07) is 17.8. The Balaban J connectivity index is 1.72. The molecular formula is C20H22ClN5. The quantitative estimate of drug-likeness (QED) is 0.651. The van der Waals surface area contributed by atoms with Gasteiger partial charge >= 0.3 is 0 Å². The number of aromatic nitrogens is 2. The van der Waals surface area contributed by atoms with Gasteiger partial charge in [0.15, 0.2) is 0 Å². The fraction of sp³-hybridized carbons (Fsp3) is 0.200. The number of hydrogen-bond donors (Lipinski definition) is 2. The van der Waals surface area contributed by atoms with Crippen molar-refractivity contribution in [1.29, 1.82) is 0 Å². The van der Waals surface area contributed by atoms with E-state index >= 15 is 0 Å². The first-order chi connectivity index (χ1) is 12.5. The van der Waals surface area contributed by atoms with Crippen molar-refractivity contribution in [3.63, 3.8) is 0 Å². The molecule has 0 atom stereocenters. The van der Waals surface area contributed by atoms with Gasteiger partial charge in [-0.1, -0.05) is 29.8 Å². The minimum absolute atomic E-state index is 0.567. The van der Waals surface area contributed by atoms with Crippen LogP contribution in [0, 0.1) is 6.92 Å². The SMILES string of the molecule is Cc1cc(Nc2ccc(N(C)C)cc2)nc(NCc2ccccc2Cl)n1. The summed E-state index contributed by atoms with van der Waals surface area (Å²) < 4.78 is 0. The third-order valence-corrected chi connectivity index (χ3v) is 4.27. The number of benzene rings is 2. The van der Waals surface area contributed by atoms with Crippen LogP contribution >= 0.6 is 11.6 Å². The highest BCUT2D eigenvalue weighted by atomic mass is 35.5. The van der Waals surface area contributed by atoms with E-state index in [-0.39, 0.29) is 0 Å². The van der Waals surface area contributed by atoms with Gasteiger partial charge in [0.25, 0.3) is 0 Å². The van der Waals surface area contributed by atoms with Crippen LogP contribution in [0.4, 0.5) is 23.1 Å². The fourth-order valence-corrected chi connectivity index (χ4v) is 2.72. The van der Waals surface area contributed by atoms with E-state index in [2.05, 4.69) is 37.6 Å². The van der Waals surface area contributed by atoms with Gasteiger partial charge in [0.1, 0.15) is 5.82 Å². The van der Waals surface area contributed by atoms with Crippen LogP contribution in [0.1, 0.15) is 11.3 Å². The second-order valence-electron chi connectivity index (χ2n) is 6.23. The van der Waals surface area contributed by atoms with Gasteiger partial charge in [0.2, 0.25) is 5.95 Å². The molecule has 5 nitrogen and oxygen atoms in total. The fourth-order valence-electron chi connectivity index (χ4n) is 2.52. The summed E-state index contributed by atoms with van der Waals surface area (Å²) in [5.41, 5.74) is 4.02. The first-order valence-corrected chi connectivity index (χ1v) is 8.76. The van der Waals surface area contributed by atoms with Gasteiger partial charge in [0, 0.05) is 48.8 Å². The lowest BCUT2D eigenvalue weighted by molar-refractivity contribution is 1.03. The summed E-state index contributed by atoms with van der Waals surface area (Å²) in [7, 11) is 4.04. The minimum Gasteiger partial charge on any atom is -0.378 e. The summed E-state index contributed by atoms with van der Waals surface area (Å²) in [4.78, 5) is 11.1. The average Bonchev–Trinajstić information content (AvgIpc) is 2.61. The smallest absolute Gasteiger partial charge is 0.225 e. The van der Waals surface area contributed by atoms with Gasteiger partial charge in [-0.2, -0.15) is 4.98 Å². The van der Waals surface area contributed by atoms with Gasteiger partial charge in [-0.3, -0.25) is 0 Å². The second kappa shape index (κ2) is 8.06. The summed E-state index contributed by atoms with van der Waals surface area (Å²) in [6.45, 7) is 2.52. The Labute approximate surface area is 159 Å². The van der Waals surface area contributed by atoms with Gasteiger partial charge in [-0.05, 0) is 42.8 Å². The molecule has 134 valence electrons. The maximum Gasteiger partial charge on any atom is 0.225 e. The maximum absolute atomic E-state index is 6.20. The molecule has 0 fully saturated rings. The van der Waals surface area contributed by atoms with Crippen LogP contribution in [-0.4, -0.2) is 24.1 Å². The van der Waals surface area contributed by atoms with Crippen LogP contribution in [0.3, 0.4) is 0 Å². The molecule has 26 heavy (non-hydrogen) atoms. The molecule has 0 radical (unpaired) electrons. The number of nitrogens with zero attached hydrogens (tertiary/aromatic N) is 3. The molecule has 0 amide bonds. The Kier molecular flexibility index (Phi) is 5.58. The van der Waals surface area contributed by atoms with Crippen molar-refractivity contribution in [2.45, 2.75) is 13.5 Å². The van der Waals surface area contributed by atoms with Crippen molar-refractivity contribution in [1.82, 2.24) is 9.97 Å². The molecule has 0 bridgehead atoms. The highest BCUT2D eigenvalue weighted by Gasteiger charge is 2.05. The predicted molar refractivity (Wildman–Crippen MR) is 110 cm³/mol. The second-order valence-corrected chi connectivity index (χ2v) is 6.64. The zero-order valence-electron chi connectivity index (χ0n) is 15.1. The van der Waals surface area contributed by atoms with E-state index in [1.807, 2.05) is 63.5 Å². The van der Waals surface area contributed by atoms with Crippen molar-refractivity contribution in [3.05, 3.63) is 70.9 Å². The van der Waals surface area contributed by atoms with Gasteiger partial charge in [-0.25, -0.2) is 4.98 Å². The molecule has 2 N–H and O–H groups in total. The standard InChI is InChI=1S/C20H22ClN5/c1-14-12-19(24-16-8-10-17(11-9-16)26(2)3)25-20(23-14)22-13-15-6-4-5-7-18(15)21/h4-12H,13H2,1-3H3,(H2,22,23,24,25). The molecule has 0 spiro atoms. The highest BCUT2D eigenvalue weighted by molar-refractivity contribution is 6.31. The van der Waals surface area contributed by atoms with E-state index < -0.39 is 0 Å². The molecule has 0 unspecified atom stereocenters. The van der Waals surface area contributed by atoms with Crippen LogP contribution in [0.5, 0.6) is 0 Å². The lowest BCUT2D eigenvalue weighted by atomic mass is 10.2. The molecule has 6 heteroatoms. The molecule has 0 aliphatic rings. The van der Waals surface area contributed by atoms with E-state index in [1.165, 1.54) is 0 Å². The summed E-state index contributed by atoms with van der Waals surface area (Å²) in [6.07, 6.45) is 0. The van der Waals surface area contributed by atoms with E-state index in [0.717, 1.165) is 33.5 Å². The molecule has 0 aliphatic carbocycles. The van der Waals surface area contributed by atoms with Crippen LogP contribution in [0.15, 0.2) is 54.6 Å². The molecule has 3 aromatic rings. The Morgan fingerprint density at radius 3 is 2.42 bits per heavy atom. The van der Waals surface area contributed by atoms with Crippen molar-refractivity contribution in [2.24, 2.45) is 0 Å². The molecule has 0 saturated carbocycles. The highest BCUT2D eigenvalue weighted by Crippen LogP contribution is 2.21. The summed E-state index contributed by atoms with van der Waals surface area (Å²) in [5.74, 6) is 1.31. The van der Waals surface area contributed by atoms with Gasteiger partial charge < -0.3 is 15.5 Å². The van der Waals surface area contributed by atoms with Crippen molar-refractivity contribution >= 4 is 34.7 Å². The van der Waals surface area contributed by atoms with Crippen molar-refractivity contribution < 1.29 is 0 Å².